The van der Waals surface area contributed by atoms with E-state index in [1.54, 1.807) is 11.3 Å². The van der Waals surface area contributed by atoms with Crippen LogP contribution in [0.1, 0.15) is 24.6 Å². The normalized spacial score (nSPS) is 23.1. The molecular weight excluding hydrogens is 180 g/mol. The Morgan fingerprint density at radius 2 is 2.55 bits per heavy atom. The van der Waals surface area contributed by atoms with Gasteiger partial charge in [0.15, 0.2) is 0 Å². The van der Waals surface area contributed by atoms with Crippen molar-refractivity contribution in [3.63, 3.8) is 0 Å². The summed E-state index contributed by atoms with van der Waals surface area (Å²) in [7, 11) is 0. The fourth-order valence-electron chi connectivity index (χ4n) is 1.33. The van der Waals surface area contributed by atoms with Gasteiger partial charge in [-0.2, -0.15) is 0 Å². The van der Waals surface area contributed by atoms with Crippen LogP contribution in [0.4, 0.5) is 0 Å². The van der Waals surface area contributed by atoms with Gasteiger partial charge < -0.3 is 5.32 Å². The van der Waals surface area contributed by atoms with Crippen LogP contribution < -0.4 is 5.32 Å². The molecule has 2 rings (SSSR count). The van der Waals surface area contributed by atoms with Gasteiger partial charge in [-0.1, -0.05) is 0 Å². The summed E-state index contributed by atoms with van der Waals surface area (Å²) in [5, 5.41) is 5.53. The zero-order valence-electron chi connectivity index (χ0n) is 6.12. The first kappa shape index (κ1) is 8.97. The molecule has 0 radical (unpaired) electrons. The lowest BCUT2D eigenvalue weighted by atomic mass is 10.2. The highest BCUT2D eigenvalue weighted by Crippen LogP contribution is 2.21. The largest absolute Gasteiger partial charge is 0.309 e. The van der Waals surface area contributed by atoms with Crippen molar-refractivity contribution in [3.8, 4) is 0 Å². The van der Waals surface area contributed by atoms with Crippen LogP contribution in [0.5, 0.6) is 0 Å². The Morgan fingerprint density at radius 3 is 3.09 bits per heavy atom. The van der Waals surface area contributed by atoms with E-state index >= 15 is 0 Å². The molecule has 1 fully saturated rings. The molecule has 1 aromatic rings. The van der Waals surface area contributed by atoms with E-state index in [0.717, 1.165) is 6.54 Å². The molecule has 0 saturated carbocycles. The summed E-state index contributed by atoms with van der Waals surface area (Å²) in [6.45, 7) is 1.15. The van der Waals surface area contributed by atoms with Crippen molar-refractivity contribution in [2.75, 3.05) is 6.54 Å². The van der Waals surface area contributed by atoms with E-state index in [4.69, 9.17) is 0 Å². The fourth-order valence-corrected chi connectivity index (χ4v) is 1.94. The van der Waals surface area contributed by atoms with Gasteiger partial charge in [-0.25, -0.2) is 4.98 Å². The van der Waals surface area contributed by atoms with Crippen molar-refractivity contribution < 1.29 is 0 Å². The molecule has 1 aliphatic heterocycles. The van der Waals surface area contributed by atoms with Gasteiger partial charge in [0, 0.05) is 5.38 Å². The summed E-state index contributed by atoms with van der Waals surface area (Å²) in [6, 6.07) is 0.547. The monoisotopic (exact) mass is 190 g/mol. The van der Waals surface area contributed by atoms with Crippen LogP contribution in [0.3, 0.4) is 0 Å². The van der Waals surface area contributed by atoms with Gasteiger partial charge in [0.2, 0.25) is 0 Å². The van der Waals surface area contributed by atoms with E-state index in [1.165, 1.54) is 18.5 Å². The second-order valence-electron chi connectivity index (χ2n) is 2.56. The van der Waals surface area contributed by atoms with Gasteiger partial charge in [0.05, 0.1) is 17.2 Å². The molecule has 4 heteroatoms. The van der Waals surface area contributed by atoms with Crippen molar-refractivity contribution in [2.24, 2.45) is 0 Å². The van der Waals surface area contributed by atoms with Gasteiger partial charge >= 0.3 is 0 Å². The number of aromatic nitrogens is 1. The molecule has 62 valence electrons. The molecule has 0 aromatic carbocycles. The molecular formula is C7H11ClN2S. The lowest BCUT2D eigenvalue weighted by Crippen LogP contribution is -2.12. The maximum atomic E-state index is 4.25. The molecule has 1 N–H and O–H groups in total. The predicted octanol–water partition coefficient (Wildman–Crippen LogP) is 1.99. The number of rotatable bonds is 1. The summed E-state index contributed by atoms with van der Waals surface area (Å²) >= 11 is 1.68. The Hall–Kier alpha value is -0.120. The molecule has 0 bridgehead atoms. The number of hydrogen-bond acceptors (Lipinski definition) is 3. The lowest BCUT2D eigenvalue weighted by molar-refractivity contribution is 0.632. The minimum atomic E-state index is 0. The van der Waals surface area contributed by atoms with Gasteiger partial charge in [0.1, 0.15) is 0 Å². The first-order chi connectivity index (χ1) is 4.97. The first-order valence-corrected chi connectivity index (χ1v) is 4.52. The topological polar surface area (TPSA) is 24.9 Å². The van der Waals surface area contributed by atoms with E-state index in [9.17, 15) is 0 Å². The Morgan fingerprint density at radius 1 is 1.64 bits per heavy atom. The molecule has 0 amide bonds. The van der Waals surface area contributed by atoms with Crippen molar-refractivity contribution in [2.45, 2.75) is 18.9 Å². The highest BCUT2D eigenvalue weighted by Gasteiger charge is 2.16. The van der Waals surface area contributed by atoms with Gasteiger partial charge in [-0.05, 0) is 19.4 Å². The third-order valence-electron chi connectivity index (χ3n) is 1.87. The number of hydrogen-bond donors (Lipinski definition) is 1. The summed E-state index contributed by atoms with van der Waals surface area (Å²) in [4.78, 5) is 4.25. The molecule has 1 aromatic heterocycles. The molecule has 2 nitrogen and oxygen atoms in total. The molecule has 0 aliphatic carbocycles. The van der Waals surface area contributed by atoms with E-state index < -0.39 is 0 Å². The van der Waals surface area contributed by atoms with Gasteiger partial charge in [-0.15, -0.1) is 23.7 Å². The third-order valence-corrected chi connectivity index (χ3v) is 2.47. The number of halogens is 1. The lowest BCUT2D eigenvalue weighted by Gasteiger charge is -2.03. The maximum absolute atomic E-state index is 4.25. The Kier molecular flexibility index (Phi) is 3.30. The van der Waals surface area contributed by atoms with E-state index in [1.807, 2.05) is 5.51 Å². The summed E-state index contributed by atoms with van der Waals surface area (Å²) in [5.41, 5.74) is 3.12. The molecule has 1 aliphatic rings. The van der Waals surface area contributed by atoms with Crippen molar-refractivity contribution >= 4 is 23.7 Å². The summed E-state index contributed by atoms with van der Waals surface area (Å²) < 4.78 is 0. The summed E-state index contributed by atoms with van der Waals surface area (Å²) in [6.07, 6.45) is 2.55. The zero-order chi connectivity index (χ0) is 6.81. The van der Waals surface area contributed by atoms with E-state index in [2.05, 4.69) is 15.7 Å². The molecule has 1 saturated heterocycles. The molecule has 1 atom stereocenters. The van der Waals surface area contributed by atoms with Crippen molar-refractivity contribution in [1.29, 1.82) is 0 Å². The van der Waals surface area contributed by atoms with E-state index in [0.29, 0.717) is 6.04 Å². The fraction of sp³-hybridized carbons (Fsp3) is 0.571. The maximum Gasteiger partial charge on any atom is 0.0795 e. The van der Waals surface area contributed by atoms with Crippen molar-refractivity contribution in [3.05, 3.63) is 16.6 Å². The minimum Gasteiger partial charge on any atom is -0.309 e. The smallest absolute Gasteiger partial charge is 0.0795 e. The van der Waals surface area contributed by atoms with Crippen LogP contribution >= 0.6 is 23.7 Å². The van der Waals surface area contributed by atoms with Gasteiger partial charge in [-0.3, -0.25) is 0 Å². The Bertz CT molecular complexity index is 194. The average Bonchev–Trinajstić information content (AvgIpc) is 2.59. The number of nitrogens with zero attached hydrogens (tertiary/aromatic N) is 1. The van der Waals surface area contributed by atoms with Crippen LogP contribution in [0.25, 0.3) is 0 Å². The first-order valence-electron chi connectivity index (χ1n) is 3.58. The SMILES string of the molecule is Cl.c1nc(C2CCCN2)cs1. The average molecular weight is 191 g/mol. The van der Waals surface area contributed by atoms with E-state index in [-0.39, 0.29) is 12.4 Å². The zero-order valence-corrected chi connectivity index (χ0v) is 7.75. The number of nitrogens with one attached hydrogen (secondary N) is 1. The molecule has 2 heterocycles. The van der Waals surface area contributed by atoms with Crippen molar-refractivity contribution in [1.82, 2.24) is 10.3 Å². The van der Waals surface area contributed by atoms with Crippen LogP contribution in [-0.2, 0) is 0 Å². The third kappa shape index (κ3) is 1.92. The highest BCUT2D eigenvalue weighted by atomic mass is 35.5. The van der Waals surface area contributed by atoms with Crippen LogP contribution in [0.15, 0.2) is 10.9 Å². The number of thiazole rings is 1. The molecule has 1 unspecified atom stereocenters. The highest BCUT2D eigenvalue weighted by molar-refractivity contribution is 7.07. The van der Waals surface area contributed by atoms with Crippen LogP contribution in [0, 0.1) is 0 Å². The Labute approximate surface area is 76.4 Å². The van der Waals surface area contributed by atoms with Crippen LogP contribution in [-0.4, -0.2) is 11.5 Å². The minimum absolute atomic E-state index is 0. The molecule has 0 spiro atoms. The molecule has 11 heavy (non-hydrogen) atoms. The quantitative estimate of drug-likeness (QED) is 0.733. The standard InChI is InChI=1S/C7H10N2S.ClH/c1-2-6(8-3-1)7-4-10-5-9-7;/h4-6,8H,1-3H2;1H. The predicted molar refractivity (Wildman–Crippen MR) is 49.3 cm³/mol. The van der Waals surface area contributed by atoms with Gasteiger partial charge in [0.25, 0.3) is 0 Å². The second-order valence-corrected chi connectivity index (χ2v) is 3.28. The summed E-state index contributed by atoms with van der Waals surface area (Å²) in [5.74, 6) is 0. The van der Waals surface area contributed by atoms with Crippen LogP contribution in [0.2, 0.25) is 0 Å². The Balaban J connectivity index is 0.000000605. The second kappa shape index (κ2) is 4.04.